The lowest BCUT2D eigenvalue weighted by Gasteiger charge is -2.28. The van der Waals surface area contributed by atoms with Crippen molar-refractivity contribution in [3.8, 4) is 21.9 Å². The monoisotopic (exact) mass is 460 g/mol. The molecule has 2 unspecified atom stereocenters. The summed E-state index contributed by atoms with van der Waals surface area (Å²) in [6.45, 7) is 5.00. The molecule has 0 amide bonds. The molecule has 33 heavy (non-hydrogen) atoms. The van der Waals surface area contributed by atoms with E-state index in [9.17, 15) is 0 Å². The van der Waals surface area contributed by atoms with Gasteiger partial charge in [0.15, 0.2) is 5.13 Å². The van der Waals surface area contributed by atoms with Crippen LogP contribution in [0.2, 0.25) is 0 Å². The molecule has 0 radical (unpaired) electrons. The second kappa shape index (κ2) is 8.98. The molecule has 6 nitrogen and oxygen atoms in total. The fourth-order valence-electron chi connectivity index (χ4n) is 4.71. The molecule has 3 heterocycles. The Morgan fingerprint density at radius 1 is 1.18 bits per heavy atom. The first-order valence-corrected chi connectivity index (χ1v) is 12.1. The number of rotatable bonds is 4. The van der Waals surface area contributed by atoms with Gasteiger partial charge in [0, 0.05) is 17.6 Å². The lowest BCUT2D eigenvalue weighted by molar-refractivity contribution is 0.221. The Morgan fingerprint density at radius 3 is 2.85 bits per heavy atom. The van der Waals surface area contributed by atoms with Crippen LogP contribution in [0.25, 0.3) is 21.3 Å². The van der Waals surface area contributed by atoms with Crippen LogP contribution in [0.15, 0.2) is 42.6 Å². The summed E-state index contributed by atoms with van der Waals surface area (Å²) in [6, 6.07) is 12.5. The highest BCUT2D eigenvalue weighted by atomic mass is 32.1. The predicted molar refractivity (Wildman–Crippen MR) is 133 cm³/mol. The molecule has 0 saturated heterocycles. The van der Waals surface area contributed by atoms with Gasteiger partial charge in [-0.3, -0.25) is 0 Å². The van der Waals surface area contributed by atoms with Crippen molar-refractivity contribution in [3.63, 3.8) is 0 Å². The van der Waals surface area contributed by atoms with Gasteiger partial charge in [-0.1, -0.05) is 18.3 Å². The van der Waals surface area contributed by atoms with Gasteiger partial charge >= 0.3 is 0 Å². The number of nitrogens with zero attached hydrogens (tertiary/aromatic N) is 3. The van der Waals surface area contributed by atoms with Crippen LogP contribution in [0.4, 0.5) is 5.13 Å². The van der Waals surface area contributed by atoms with Crippen LogP contribution in [-0.4, -0.2) is 28.7 Å². The van der Waals surface area contributed by atoms with E-state index in [0.29, 0.717) is 23.6 Å². The van der Waals surface area contributed by atoms with Crippen molar-refractivity contribution >= 4 is 27.4 Å². The van der Waals surface area contributed by atoms with Crippen molar-refractivity contribution in [2.24, 2.45) is 11.8 Å². The molecule has 2 atom stereocenters. The van der Waals surface area contributed by atoms with Crippen LogP contribution in [-0.2, 0) is 12.8 Å². The number of aryl methyl sites for hydroxylation is 1. The number of fused-ring (bicyclic) bond motifs is 2. The van der Waals surface area contributed by atoms with Crippen LogP contribution in [0, 0.1) is 18.8 Å². The lowest BCUT2D eigenvalue weighted by Crippen LogP contribution is -2.23. The van der Waals surface area contributed by atoms with E-state index in [-0.39, 0.29) is 0 Å². The van der Waals surface area contributed by atoms with Gasteiger partial charge in [-0.15, -0.1) is 0 Å². The Balaban J connectivity index is 1.42. The van der Waals surface area contributed by atoms with Gasteiger partial charge in [-0.05, 0) is 79.5 Å². The Morgan fingerprint density at radius 2 is 2.06 bits per heavy atom. The average Bonchev–Trinajstić information content (AvgIpc) is 3.23. The first-order valence-electron chi connectivity index (χ1n) is 11.3. The predicted octanol–water partition coefficient (Wildman–Crippen LogP) is 5.47. The number of thiazole rings is 1. The summed E-state index contributed by atoms with van der Waals surface area (Å²) in [5, 5.41) is 1.69. The van der Waals surface area contributed by atoms with E-state index in [1.807, 2.05) is 25.3 Å². The van der Waals surface area contributed by atoms with Crippen molar-refractivity contribution in [1.82, 2.24) is 15.0 Å². The average molecular weight is 461 g/mol. The zero-order valence-corrected chi connectivity index (χ0v) is 20.0. The fraction of sp³-hybridized carbons (Fsp3) is 0.346. The second-order valence-corrected chi connectivity index (χ2v) is 9.83. The molecule has 1 aliphatic heterocycles. The molecule has 0 saturated carbocycles. The van der Waals surface area contributed by atoms with Gasteiger partial charge in [0.05, 0.1) is 29.8 Å². The summed E-state index contributed by atoms with van der Waals surface area (Å²) in [7, 11) is 1.68. The molecule has 2 aromatic heterocycles. The third kappa shape index (κ3) is 4.50. The van der Waals surface area contributed by atoms with E-state index in [1.165, 1.54) is 16.9 Å². The SMILES string of the molecule is COc1ccc2c(CC3CCOc4ccc(-c5cnc(N)s5)cc4CC3C)nc(C)nc2c1. The largest absolute Gasteiger partial charge is 0.497 e. The molecule has 0 spiro atoms. The minimum atomic E-state index is 0.459. The molecule has 2 aromatic carbocycles. The van der Waals surface area contributed by atoms with E-state index >= 15 is 0 Å². The Hall–Kier alpha value is -3.19. The number of ether oxygens (including phenoxy) is 2. The van der Waals surface area contributed by atoms with Gasteiger partial charge in [-0.2, -0.15) is 0 Å². The van der Waals surface area contributed by atoms with Gasteiger partial charge < -0.3 is 15.2 Å². The maximum Gasteiger partial charge on any atom is 0.180 e. The summed E-state index contributed by atoms with van der Waals surface area (Å²) in [6.07, 6.45) is 4.69. The molecule has 0 bridgehead atoms. The molecule has 2 N–H and O–H groups in total. The zero-order valence-electron chi connectivity index (χ0n) is 19.2. The van der Waals surface area contributed by atoms with E-state index in [2.05, 4.69) is 41.2 Å². The van der Waals surface area contributed by atoms with E-state index in [0.717, 1.165) is 63.6 Å². The molecule has 5 rings (SSSR count). The fourth-order valence-corrected chi connectivity index (χ4v) is 5.39. The van der Waals surface area contributed by atoms with Crippen LogP contribution < -0.4 is 15.2 Å². The summed E-state index contributed by atoms with van der Waals surface area (Å²) < 4.78 is 11.6. The maximum atomic E-state index is 6.20. The lowest BCUT2D eigenvalue weighted by atomic mass is 9.81. The topological polar surface area (TPSA) is 83.2 Å². The highest BCUT2D eigenvalue weighted by Crippen LogP contribution is 2.36. The van der Waals surface area contributed by atoms with E-state index in [1.54, 1.807) is 7.11 Å². The molecule has 0 fully saturated rings. The number of hydrogen-bond acceptors (Lipinski definition) is 7. The Kier molecular flexibility index (Phi) is 5.89. The summed E-state index contributed by atoms with van der Waals surface area (Å²) in [5.74, 6) is 3.53. The third-order valence-electron chi connectivity index (χ3n) is 6.51. The second-order valence-electron chi connectivity index (χ2n) is 8.77. The van der Waals surface area contributed by atoms with Crippen molar-refractivity contribution < 1.29 is 9.47 Å². The van der Waals surface area contributed by atoms with Crippen LogP contribution >= 0.6 is 11.3 Å². The van der Waals surface area contributed by atoms with Gasteiger partial charge in [0.1, 0.15) is 17.3 Å². The quantitative estimate of drug-likeness (QED) is 0.435. The van der Waals surface area contributed by atoms with Crippen molar-refractivity contribution in [2.45, 2.75) is 33.1 Å². The summed E-state index contributed by atoms with van der Waals surface area (Å²) in [5.41, 5.74) is 10.3. The molecular weight excluding hydrogens is 432 g/mol. The molecule has 1 aliphatic rings. The van der Waals surface area contributed by atoms with Crippen LogP contribution in [0.5, 0.6) is 11.5 Å². The summed E-state index contributed by atoms with van der Waals surface area (Å²) >= 11 is 1.51. The number of anilines is 1. The van der Waals surface area contributed by atoms with Gasteiger partial charge in [0.25, 0.3) is 0 Å². The molecule has 7 heteroatoms. The van der Waals surface area contributed by atoms with Crippen LogP contribution in [0.1, 0.15) is 30.4 Å². The van der Waals surface area contributed by atoms with Crippen LogP contribution in [0.3, 0.4) is 0 Å². The highest BCUT2D eigenvalue weighted by molar-refractivity contribution is 7.18. The number of nitrogens with two attached hydrogens (primary N) is 1. The maximum absolute atomic E-state index is 6.20. The first-order chi connectivity index (χ1) is 16.0. The third-order valence-corrected chi connectivity index (χ3v) is 7.39. The number of methoxy groups -OCH3 is 1. The normalized spacial score (nSPS) is 18.3. The highest BCUT2D eigenvalue weighted by Gasteiger charge is 2.24. The molecule has 4 aromatic rings. The molecular formula is C26H28N4O2S. The number of benzene rings is 2. The van der Waals surface area contributed by atoms with E-state index < -0.39 is 0 Å². The Labute approximate surface area is 197 Å². The minimum absolute atomic E-state index is 0.459. The zero-order chi connectivity index (χ0) is 22.9. The first kappa shape index (κ1) is 21.6. The molecule has 0 aliphatic carbocycles. The van der Waals surface area contributed by atoms with Crippen molar-refractivity contribution in [2.75, 3.05) is 19.5 Å². The standard InChI is InChI=1S/C26H28N4O2S/c1-15-10-19-11-18(25-14-28-26(27)33-25)4-7-24(19)32-9-8-17(15)12-22-21-6-5-20(31-3)13-23(21)30-16(2)29-22/h4-7,11,13-15,17H,8-10,12H2,1-3H3,(H2,27,28). The smallest absolute Gasteiger partial charge is 0.180 e. The van der Waals surface area contributed by atoms with E-state index in [4.69, 9.17) is 20.2 Å². The number of nitrogen functional groups attached to an aromatic ring is 1. The Bertz CT molecular complexity index is 1300. The number of hydrogen-bond donors (Lipinski definition) is 1. The molecule has 170 valence electrons. The minimum Gasteiger partial charge on any atom is -0.497 e. The van der Waals surface area contributed by atoms with Gasteiger partial charge in [-0.25, -0.2) is 15.0 Å². The summed E-state index contributed by atoms with van der Waals surface area (Å²) in [4.78, 5) is 14.7. The van der Waals surface area contributed by atoms with Crippen molar-refractivity contribution in [3.05, 3.63) is 59.7 Å². The van der Waals surface area contributed by atoms with Gasteiger partial charge in [0.2, 0.25) is 0 Å². The number of aromatic nitrogens is 3. The van der Waals surface area contributed by atoms with Crippen molar-refractivity contribution in [1.29, 1.82) is 0 Å².